The summed E-state index contributed by atoms with van der Waals surface area (Å²) >= 11 is 1.90. The van der Waals surface area contributed by atoms with Crippen LogP contribution in [0.4, 0.5) is 0 Å². The molecule has 14 heavy (non-hydrogen) atoms. The fourth-order valence-corrected chi connectivity index (χ4v) is 3.55. The Kier molecular flexibility index (Phi) is 3.37. The minimum absolute atomic E-state index is 0.398. The minimum atomic E-state index is 0.398. The van der Waals surface area contributed by atoms with Crippen LogP contribution in [0.15, 0.2) is 0 Å². The molecule has 2 aliphatic rings. The highest BCUT2D eigenvalue weighted by atomic mass is 32.2. The molecule has 1 amide bonds. The highest BCUT2D eigenvalue weighted by Gasteiger charge is 2.28. The molecule has 1 aliphatic carbocycles. The lowest BCUT2D eigenvalue weighted by Crippen LogP contribution is -2.34. The van der Waals surface area contributed by atoms with Crippen molar-refractivity contribution in [3.63, 3.8) is 0 Å². The quantitative estimate of drug-likeness (QED) is 0.702. The fraction of sp³-hybridized carbons (Fsp3) is 0.909. The molecule has 2 fully saturated rings. The molecule has 3 heteroatoms. The Morgan fingerprint density at radius 1 is 1.43 bits per heavy atom. The summed E-state index contributed by atoms with van der Waals surface area (Å²) in [6, 6.07) is 0. The predicted octanol–water partition coefficient (Wildman–Crippen LogP) is 2.49. The monoisotopic (exact) mass is 213 g/mol. The molecule has 1 heterocycles. The van der Waals surface area contributed by atoms with Crippen molar-refractivity contribution in [3.05, 3.63) is 0 Å². The van der Waals surface area contributed by atoms with E-state index in [4.69, 9.17) is 0 Å². The van der Waals surface area contributed by atoms with Gasteiger partial charge in [-0.15, -0.1) is 11.8 Å². The van der Waals surface area contributed by atoms with Gasteiger partial charge in [0.1, 0.15) is 0 Å². The van der Waals surface area contributed by atoms with Crippen LogP contribution in [0.25, 0.3) is 0 Å². The second kappa shape index (κ2) is 4.56. The van der Waals surface area contributed by atoms with E-state index < -0.39 is 0 Å². The van der Waals surface area contributed by atoms with Crippen LogP contribution in [-0.2, 0) is 4.79 Å². The van der Waals surface area contributed by atoms with E-state index in [1.807, 2.05) is 11.8 Å². The van der Waals surface area contributed by atoms with Crippen LogP contribution < -0.4 is 0 Å². The van der Waals surface area contributed by atoms with Crippen LogP contribution in [0, 0.1) is 5.92 Å². The van der Waals surface area contributed by atoms with Gasteiger partial charge in [-0.05, 0) is 25.7 Å². The van der Waals surface area contributed by atoms with Crippen LogP contribution in [-0.4, -0.2) is 28.5 Å². The lowest BCUT2D eigenvalue weighted by Gasteiger charge is -2.22. The Labute approximate surface area is 90.4 Å². The Hall–Kier alpha value is -0.180. The molecule has 0 aromatic heterocycles. The normalized spacial score (nSPS) is 28.6. The van der Waals surface area contributed by atoms with Crippen molar-refractivity contribution in [2.24, 2.45) is 5.92 Å². The second-order valence-corrected chi connectivity index (χ2v) is 5.84. The summed E-state index contributed by atoms with van der Waals surface area (Å²) in [5, 5.41) is 0.420. The van der Waals surface area contributed by atoms with E-state index in [0.29, 0.717) is 17.2 Å². The number of amides is 1. The lowest BCUT2D eigenvalue weighted by atomic mass is 10.0. The summed E-state index contributed by atoms with van der Waals surface area (Å²) in [5.41, 5.74) is 0. The molecule has 1 unspecified atom stereocenters. The molecule has 0 spiro atoms. The SMILES string of the molecule is CC1SCCN1C(=O)CC1CCCC1. The van der Waals surface area contributed by atoms with Crippen LogP contribution in [0.3, 0.4) is 0 Å². The molecule has 1 saturated heterocycles. The van der Waals surface area contributed by atoms with Crippen LogP contribution in [0.1, 0.15) is 39.0 Å². The molecule has 2 nitrogen and oxygen atoms in total. The molecule has 0 aromatic carbocycles. The van der Waals surface area contributed by atoms with Gasteiger partial charge in [0.05, 0.1) is 5.37 Å². The molecule has 1 saturated carbocycles. The van der Waals surface area contributed by atoms with Crippen LogP contribution in [0.5, 0.6) is 0 Å². The van der Waals surface area contributed by atoms with Crippen molar-refractivity contribution >= 4 is 17.7 Å². The molecule has 2 rings (SSSR count). The Morgan fingerprint density at radius 2 is 2.14 bits per heavy atom. The first-order chi connectivity index (χ1) is 6.77. The molecule has 0 bridgehead atoms. The number of carbonyl (C=O) groups excluding carboxylic acids is 1. The van der Waals surface area contributed by atoms with E-state index in [1.165, 1.54) is 25.7 Å². The third-order valence-corrected chi connectivity index (χ3v) is 4.54. The van der Waals surface area contributed by atoms with Crippen molar-refractivity contribution in [2.75, 3.05) is 12.3 Å². The Bertz CT molecular complexity index is 213. The highest BCUT2D eigenvalue weighted by molar-refractivity contribution is 8.00. The first-order valence-electron chi connectivity index (χ1n) is 5.68. The third-order valence-electron chi connectivity index (χ3n) is 3.39. The maximum Gasteiger partial charge on any atom is 0.223 e. The van der Waals surface area contributed by atoms with Gasteiger partial charge in [0.2, 0.25) is 5.91 Å². The van der Waals surface area contributed by atoms with Crippen LogP contribution >= 0.6 is 11.8 Å². The van der Waals surface area contributed by atoms with Crippen molar-refractivity contribution in [2.45, 2.75) is 44.4 Å². The lowest BCUT2D eigenvalue weighted by molar-refractivity contribution is -0.131. The van der Waals surface area contributed by atoms with E-state index in [9.17, 15) is 4.79 Å². The van der Waals surface area contributed by atoms with Gasteiger partial charge in [0.25, 0.3) is 0 Å². The highest BCUT2D eigenvalue weighted by Crippen LogP contribution is 2.30. The summed E-state index contributed by atoms with van der Waals surface area (Å²) in [7, 11) is 0. The number of carbonyl (C=O) groups is 1. The molecule has 0 radical (unpaired) electrons. The smallest absolute Gasteiger partial charge is 0.223 e. The standard InChI is InChI=1S/C11H19NOS/c1-9-12(6-7-14-9)11(13)8-10-4-2-3-5-10/h9-10H,2-8H2,1H3. The van der Waals surface area contributed by atoms with Crippen molar-refractivity contribution in [3.8, 4) is 0 Å². The van der Waals surface area contributed by atoms with Crippen molar-refractivity contribution in [1.29, 1.82) is 0 Å². The molecule has 0 N–H and O–H groups in total. The van der Waals surface area contributed by atoms with Gasteiger partial charge in [-0.3, -0.25) is 4.79 Å². The van der Waals surface area contributed by atoms with Gasteiger partial charge in [-0.1, -0.05) is 12.8 Å². The number of hydrogen-bond donors (Lipinski definition) is 0. The predicted molar refractivity (Wildman–Crippen MR) is 60.2 cm³/mol. The zero-order valence-electron chi connectivity index (χ0n) is 8.87. The second-order valence-electron chi connectivity index (χ2n) is 4.41. The first kappa shape index (κ1) is 10.3. The zero-order valence-corrected chi connectivity index (χ0v) is 9.68. The van der Waals surface area contributed by atoms with Gasteiger partial charge in [0, 0.05) is 18.7 Å². The summed E-state index contributed by atoms with van der Waals surface area (Å²) in [6.45, 7) is 3.11. The number of thioether (sulfide) groups is 1. The maximum atomic E-state index is 11.9. The Balaban J connectivity index is 1.82. The van der Waals surface area contributed by atoms with Gasteiger partial charge >= 0.3 is 0 Å². The minimum Gasteiger partial charge on any atom is -0.330 e. The van der Waals surface area contributed by atoms with Crippen LogP contribution in [0.2, 0.25) is 0 Å². The number of nitrogens with zero attached hydrogens (tertiary/aromatic N) is 1. The van der Waals surface area contributed by atoms with Gasteiger partial charge in [-0.25, -0.2) is 0 Å². The fourth-order valence-electron chi connectivity index (χ4n) is 2.50. The van der Waals surface area contributed by atoms with E-state index in [0.717, 1.165) is 18.7 Å². The molecule has 0 aromatic rings. The third kappa shape index (κ3) is 2.25. The number of rotatable bonds is 2. The van der Waals surface area contributed by atoms with E-state index >= 15 is 0 Å². The average molecular weight is 213 g/mol. The topological polar surface area (TPSA) is 20.3 Å². The van der Waals surface area contributed by atoms with Gasteiger partial charge in [-0.2, -0.15) is 0 Å². The number of hydrogen-bond acceptors (Lipinski definition) is 2. The summed E-state index contributed by atoms with van der Waals surface area (Å²) in [4.78, 5) is 14.0. The van der Waals surface area contributed by atoms with E-state index in [2.05, 4.69) is 11.8 Å². The summed E-state index contributed by atoms with van der Waals surface area (Å²) in [6.07, 6.45) is 6.04. The molecule has 80 valence electrons. The van der Waals surface area contributed by atoms with E-state index in [1.54, 1.807) is 0 Å². The van der Waals surface area contributed by atoms with Gasteiger partial charge < -0.3 is 4.90 Å². The molecule has 1 aliphatic heterocycles. The summed E-state index contributed by atoms with van der Waals surface area (Å²) in [5.74, 6) is 2.21. The molecular weight excluding hydrogens is 194 g/mol. The largest absolute Gasteiger partial charge is 0.330 e. The summed E-state index contributed by atoms with van der Waals surface area (Å²) < 4.78 is 0. The van der Waals surface area contributed by atoms with Crippen molar-refractivity contribution in [1.82, 2.24) is 4.90 Å². The molecular formula is C11H19NOS. The zero-order chi connectivity index (χ0) is 9.97. The first-order valence-corrected chi connectivity index (χ1v) is 6.73. The molecule has 1 atom stereocenters. The van der Waals surface area contributed by atoms with E-state index in [-0.39, 0.29) is 0 Å². The maximum absolute atomic E-state index is 11.9. The Morgan fingerprint density at radius 3 is 2.71 bits per heavy atom. The van der Waals surface area contributed by atoms with Gasteiger partial charge in [0.15, 0.2) is 0 Å². The average Bonchev–Trinajstić information content (AvgIpc) is 2.75. The van der Waals surface area contributed by atoms with Crippen molar-refractivity contribution < 1.29 is 4.79 Å².